The number of benzene rings is 3. The van der Waals surface area contributed by atoms with Crippen molar-refractivity contribution in [3.05, 3.63) is 101 Å². The van der Waals surface area contributed by atoms with Crippen molar-refractivity contribution in [2.45, 2.75) is 56.3 Å². The molecule has 8 heteroatoms. The van der Waals surface area contributed by atoms with Crippen molar-refractivity contribution in [3.8, 4) is 0 Å². The van der Waals surface area contributed by atoms with E-state index in [1.54, 1.807) is 0 Å². The predicted molar refractivity (Wildman–Crippen MR) is 151 cm³/mol. The molecule has 0 spiro atoms. The Balaban J connectivity index is 1.36. The molecular weight excluding hydrogens is 490 g/mol. The summed E-state index contributed by atoms with van der Waals surface area (Å²) in [5.74, 6) is -0.787. The van der Waals surface area contributed by atoms with E-state index in [9.17, 15) is 14.4 Å². The lowest BCUT2D eigenvalue weighted by atomic mass is 9.98. The van der Waals surface area contributed by atoms with E-state index in [2.05, 4.69) is 22.8 Å². The van der Waals surface area contributed by atoms with Crippen LogP contribution in [0.1, 0.15) is 47.6 Å². The third-order valence-corrected chi connectivity index (χ3v) is 7.69. The summed E-state index contributed by atoms with van der Waals surface area (Å²) in [4.78, 5) is 40.5. The summed E-state index contributed by atoms with van der Waals surface area (Å²) < 4.78 is 0. The molecule has 0 unspecified atom stereocenters. The first-order valence-corrected chi connectivity index (χ1v) is 13.5. The Bertz CT molecular complexity index is 1290. The fraction of sp³-hybridized carbons (Fsp3) is 0.323. The maximum absolute atomic E-state index is 13.7. The van der Waals surface area contributed by atoms with Gasteiger partial charge in [-0.15, -0.1) is 0 Å². The van der Waals surface area contributed by atoms with Gasteiger partial charge in [0.15, 0.2) is 0 Å². The van der Waals surface area contributed by atoms with Crippen LogP contribution in [0, 0.1) is 0 Å². The Labute approximate surface area is 228 Å². The molecule has 6 N–H and O–H groups in total. The molecule has 0 aromatic heterocycles. The molecule has 0 saturated heterocycles. The molecule has 3 aromatic rings. The van der Waals surface area contributed by atoms with Crippen LogP contribution >= 0.6 is 0 Å². The summed E-state index contributed by atoms with van der Waals surface area (Å²) in [6, 6.07) is 23.9. The van der Waals surface area contributed by atoms with Crippen LogP contribution in [0.5, 0.6) is 0 Å². The summed E-state index contributed by atoms with van der Waals surface area (Å²) >= 11 is 0. The van der Waals surface area contributed by atoms with Crippen molar-refractivity contribution in [2.75, 3.05) is 11.4 Å². The smallest absolute Gasteiger partial charge is 0.244 e. The Kier molecular flexibility index (Phi) is 8.05. The van der Waals surface area contributed by atoms with Gasteiger partial charge in [0.2, 0.25) is 17.7 Å². The van der Waals surface area contributed by atoms with E-state index in [4.69, 9.17) is 11.5 Å². The number of hydrogen-bond donors (Lipinski definition) is 4. The number of nitrogens with two attached hydrogens (primary N) is 2. The summed E-state index contributed by atoms with van der Waals surface area (Å²) in [5, 5.41) is 6.55. The van der Waals surface area contributed by atoms with E-state index in [0.29, 0.717) is 19.4 Å². The van der Waals surface area contributed by atoms with E-state index >= 15 is 0 Å². The molecule has 0 saturated carbocycles. The molecule has 8 nitrogen and oxygen atoms in total. The second-order valence-electron chi connectivity index (χ2n) is 10.4. The highest BCUT2D eigenvalue weighted by molar-refractivity contribution is 6.01. The number of primary amides is 1. The van der Waals surface area contributed by atoms with Crippen molar-refractivity contribution >= 4 is 23.4 Å². The summed E-state index contributed by atoms with van der Waals surface area (Å²) in [5.41, 5.74) is 16.8. The van der Waals surface area contributed by atoms with Crippen molar-refractivity contribution in [2.24, 2.45) is 11.5 Å². The highest BCUT2D eigenvalue weighted by Crippen LogP contribution is 2.38. The zero-order chi connectivity index (χ0) is 27.4. The normalized spacial score (nSPS) is 18.9. The highest BCUT2D eigenvalue weighted by atomic mass is 16.2. The van der Waals surface area contributed by atoms with Crippen LogP contribution in [0.4, 0.5) is 5.69 Å². The average molecular weight is 526 g/mol. The zero-order valence-electron chi connectivity index (χ0n) is 21.9. The minimum absolute atomic E-state index is 0.0645. The van der Waals surface area contributed by atoms with Crippen LogP contribution in [-0.4, -0.2) is 42.4 Å². The number of anilines is 1. The molecule has 2 aliphatic rings. The lowest BCUT2D eigenvalue weighted by molar-refractivity contribution is -0.124. The zero-order valence-corrected chi connectivity index (χ0v) is 21.9. The molecule has 0 radical (unpaired) electrons. The fourth-order valence-electron chi connectivity index (χ4n) is 5.70. The summed E-state index contributed by atoms with van der Waals surface area (Å²) in [7, 11) is 0. The van der Waals surface area contributed by atoms with E-state index in [1.807, 2.05) is 71.6 Å². The largest absolute Gasteiger partial charge is 0.370 e. The van der Waals surface area contributed by atoms with E-state index in [1.165, 1.54) is 0 Å². The first kappa shape index (κ1) is 26.6. The number of amides is 3. The molecule has 5 rings (SSSR count). The van der Waals surface area contributed by atoms with Crippen LogP contribution in [0.2, 0.25) is 0 Å². The predicted octanol–water partition coefficient (Wildman–Crippen LogP) is 2.35. The lowest BCUT2D eigenvalue weighted by Crippen LogP contribution is -2.53. The van der Waals surface area contributed by atoms with Crippen molar-refractivity contribution in [1.82, 2.24) is 10.6 Å². The average Bonchev–Trinajstić information content (AvgIpc) is 3.27. The van der Waals surface area contributed by atoms with Gasteiger partial charge in [0.25, 0.3) is 0 Å². The van der Waals surface area contributed by atoms with Gasteiger partial charge < -0.3 is 27.0 Å². The molecule has 0 fully saturated rings. The van der Waals surface area contributed by atoms with Gasteiger partial charge in [0.05, 0.1) is 29.9 Å². The molecule has 2 aliphatic heterocycles. The molecule has 2 heterocycles. The quantitative estimate of drug-likeness (QED) is 0.323. The van der Waals surface area contributed by atoms with Crippen LogP contribution in [0.15, 0.2) is 78.9 Å². The number of nitrogens with one attached hydrogen (secondary N) is 2. The van der Waals surface area contributed by atoms with Crippen LogP contribution in [-0.2, 0) is 27.2 Å². The van der Waals surface area contributed by atoms with Crippen LogP contribution in [0.3, 0.4) is 0 Å². The van der Waals surface area contributed by atoms with Gasteiger partial charge in [0, 0.05) is 13.0 Å². The lowest BCUT2D eigenvalue weighted by Gasteiger charge is -2.29. The molecular formula is C31H35N5O3. The monoisotopic (exact) mass is 525 g/mol. The van der Waals surface area contributed by atoms with Crippen molar-refractivity contribution in [1.29, 1.82) is 0 Å². The topological polar surface area (TPSA) is 131 Å². The minimum Gasteiger partial charge on any atom is -0.370 e. The molecule has 0 bridgehead atoms. The number of nitrogens with zero attached hydrogens (tertiary/aromatic N) is 1. The second kappa shape index (κ2) is 11.8. The SMILES string of the molecule is NC(=O)CC[C@H](NC[C@@H]1Cc2cccc3c2N1C(=O)[C@@H](N)CC3)C(=O)NC(c1ccccc1)c1ccccc1. The fourth-order valence-corrected chi connectivity index (χ4v) is 5.70. The third kappa shape index (κ3) is 5.87. The van der Waals surface area contributed by atoms with Gasteiger partial charge in [-0.1, -0.05) is 78.9 Å². The number of carbonyl (C=O) groups is 3. The Hall–Kier alpha value is -4.01. The van der Waals surface area contributed by atoms with Gasteiger partial charge in [0.1, 0.15) is 0 Å². The van der Waals surface area contributed by atoms with E-state index < -0.39 is 18.0 Å². The van der Waals surface area contributed by atoms with Gasteiger partial charge in [-0.2, -0.15) is 0 Å². The standard InChI is InChI=1S/C31H35N5O3/c32-25-15-14-22-12-7-13-23-18-24(36(29(22)23)31(25)39)19-34-26(16-17-27(33)37)30(38)35-28(20-8-3-1-4-9-20)21-10-5-2-6-11-21/h1-13,24-26,28,34H,14-19,32H2,(H2,33,37)(H,35,38)/t24-,25-,26-/m0/s1. The van der Waals surface area contributed by atoms with Crippen LogP contribution < -0.4 is 27.0 Å². The highest BCUT2D eigenvalue weighted by Gasteiger charge is 2.39. The second-order valence-corrected chi connectivity index (χ2v) is 10.4. The number of para-hydroxylation sites is 1. The molecule has 3 amide bonds. The molecule has 39 heavy (non-hydrogen) atoms. The Morgan fingerprint density at radius 1 is 0.923 bits per heavy atom. The van der Waals surface area contributed by atoms with Gasteiger partial charge in [-0.05, 0) is 47.9 Å². The van der Waals surface area contributed by atoms with Gasteiger partial charge in [-0.25, -0.2) is 0 Å². The Morgan fingerprint density at radius 2 is 1.56 bits per heavy atom. The maximum atomic E-state index is 13.7. The van der Waals surface area contributed by atoms with E-state index in [-0.39, 0.29) is 36.7 Å². The maximum Gasteiger partial charge on any atom is 0.244 e. The molecule has 3 atom stereocenters. The first-order valence-electron chi connectivity index (χ1n) is 13.5. The van der Waals surface area contributed by atoms with Gasteiger partial charge >= 0.3 is 0 Å². The van der Waals surface area contributed by atoms with Gasteiger partial charge in [-0.3, -0.25) is 14.4 Å². The summed E-state index contributed by atoms with van der Waals surface area (Å²) in [6.45, 7) is 0.380. The molecule has 0 aliphatic carbocycles. The summed E-state index contributed by atoms with van der Waals surface area (Å²) in [6.07, 6.45) is 2.35. The number of rotatable bonds is 10. The number of carbonyl (C=O) groups excluding carboxylic acids is 3. The minimum atomic E-state index is -0.675. The first-order chi connectivity index (χ1) is 18.9. The third-order valence-electron chi connectivity index (χ3n) is 7.69. The molecule has 202 valence electrons. The Morgan fingerprint density at radius 3 is 2.21 bits per heavy atom. The van der Waals surface area contributed by atoms with Crippen molar-refractivity contribution in [3.63, 3.8) is 0 Å². The van der Waals surface area contributed by atoms with Crippen molar-refractivity contribution < 1.29 is 14.4 Å². The number of aryl methyl sites for hydroxylation is 1. The molecule has 3 aromatic carbocycles. The number of hydrogen-bond acceptors (Lipinski definition) is 5. The van der Waals surface area contributed by atoms with Crippen LogP contribution in [0.25, 0.3) is 0 Å². The van der Waals surface area contributed by atoms with E-state index in [0.717, 1.165) is 34.4 Å².